The highest BCUT2D eigenvalue weighted by Crippen LogP contribution is 2.48. The van der Waals surface area contributed by atoms with Gasteiger partial charge in [0.05, 0.1) is 5.69 Å². The summed E-state index contributed by atoms with van der Waals surface area (Å²) in [5, 5.41) is 13.3. The number of aromatic nitrogens is 1. The van der Waals surface area contributed by atoms with Gasteiger partial charge in [0.15, 0.2) is 0 Å². The van der Waals surface area contributed by atoms with E-state index >= 15 is 0 Å². The Hall–Kier alpha value is -3.35. The number of hydrogen-bond acceptors (Lipinski definition) is 8. The molecule has 4 rings (SSSR count). The number of rotatable bonds is 2. The van der Waals surface area contributed by atoms with E-state index in [9.17, 15) is 10.1 Å². The van der Waals surface area contributed by atoms with Crippen LogP contribution in [0.3, 0.4) is 0 Å². The maximum Gasteiger partial charge on any atom is 0.410 e. The molecule has 9 heteroatoms. The summed E-state index contributed by atoms with van der Waals surface area (Å²) in [5.41, 5.74) is 19.2. The molecule has 26 heavy (non-hydrogen) atoms. The van der Waals surface area contributed by atoms with Crippen molar-refractivity contribution < 1.29 is 9.53 Å². The first-order valence-corrected chi connectivity index (χ1v) is 9.06. The summed E-state index contributed by atoms with van der Waals surface area (Å²) in [4.78, 5) is 15.9. The monoisotopic (exact) mass is 381 g/mol. The third kappa shape index (κ3) is 2.32. The van der Waals surface area contributed by atoms with E-state index in [4.69, 9.17) is 21.9 Å². The van der Waals surface area contributed by atoms with E-state index in [0.717, 1.165) is 27.0 Å². The van der Waals surface area contributed by atoms with E-state index in [1.54, 1.807) is 11.3 Å². The van der Waals surface area contributed by atoms with Gasteiger partial charge in [-0.3, -0.25) is 0 Å². The maximum atomic E-state index is 11.1. The number of amides is 1. The third-order valence-electron chi connectivity index (χ3n) is 3.93. The molecular weight excluding hydrogens is 370 g/mol. The summed E-state index contributed by atoms with van der Waals surface area (Å²) in [6.45, 7) is 0. The summed E-state index contributed by atoms with van der Waals surface area (Å²) >= 11 is 2.61. The number of thiophene rings is 2. The second-order valence-corrected chi connectivity index (χ2v) is 7.28. The van der Waals surface area contributed by atoms with Crippen molar-refractivity contribution in [1.29, 1.82) is 5.26 Å². The fraction of sp³-hybridized carbons (Fsp3) is 0. The second kappa shape index (κ2) is 5.87. The van der Waals surface area contributed by atoms with Gasteiger partial charge in [-0.25, -0.2) is 9.78 Å². The third-order valence-corrected chi connectivity index (χ3v) is 5.87. The Morgan fingerprint density at radius 3 is 2.77 bits per heavy atom. The summed E-state index contributed by atoms with van der Waals surface area (Å²) in [7, 11) is 0. The van der Waals surface area contributed by atoms with Crippen molar-refractivity contribution in [2.24, 2.45) is 5.73 Å². The van der Waals surface area contributed by atoms with Crippen LogP contribution >= 0.6 is 22.7 Å². The number of anilines is 2. The zero-order valence-electron chi connectivity index (χ0n) is 13.1. The van der Waals surface area contributed by atoms with Gasteiger partial charge < -0.3 is 21.9 Å². The van der Waals surface area contributed by atoms with Crippen LogP contribution in [0.15, 0.2) is 29.6 Å². The molecule has 0 unspecified atom stereocenters. The van der Waals surface area contributed by atoms with Gasteiger partial charge in [-0.1, -0.05) is 29.5 Å². The maximum absolute atomic E-state index is 11.1. The standard InChI is InChI=1S/C17H11N5O2S2/c18-5-8-11(9-6-25-10-4-2-1-3-7(9)10)12-13(19)16(24-17(21)23)26-15(12)22-14(8)20/h1-4,6H,19H2,(H2,20,22)(H2,21,23). The SMILES string of the molecule is N#Cc1c(N)nc2sc(OC(N)=O)c(N)c2c1-c1csc2ccccc12. The lowest BCUT2D eigenvalue weighted by Gasteiger charge is -2.08. The molecule has 0 atom stereocenters. The summed E-state index contributed by atoms with van der Waals surface area (Å²) in [5.74, 6) is 0.0946. The predicted molar refractivity (Wildman–Crippen MR) is 104 cm³/mol. The van der Waals surface area contributed by atoms with Crippen molar-refractivity contribution in [1.82, 2.24) is 4.98 Å². The molecule has 0 saturated carbocycles. The number of fused-ring (bicyclic) bond motifs is 2. The highest BCUT2D eigenvalue weighted by Gasteiger charge is 2.24. The van der Waals surface area contributed by atoms with Crippen molar-refractivity contribution in [3.8, 4) is 22.3 Å². The number of ether oxygens (including phenoxy) is 1. The fourth-order valence-electron chi connectivity index (χ4n) is 2.87. The number of nitriles is 1. The van der Waals surface area contributed by atoms with Gasteiger partial charge in [0.2, 0.25) is 5.06 Å². The predicted octanol–water partition coefficient (Wildman–Crippen LogP) is 3.67. The lowest BCUT2D eigenvalue weighted by atomic mass is 9.97. The molecule has 0 aliphatic rings. The number of nitrogens with zero attached hydrogens (tertiary/aromatic N) is 2. The molecule has 128 valence electrons. The van der Waals surface area contributed by atoms with Crippen molar-refractivity contribution >= 4 is 60.6 Å². The van der Waals surface area contributed by atoms with Gasteiger partial charge in [0.1, 0.15) is 22.3 Å². The largest absolute Gasteiger partial charge is 0.410 e. The van der Waals surface area contributed by atoms with Crippen LogP contribution in [0.2, 0.25) is 0 Å². The second-order valence-electron chi connectivity index (χ2n) is 5.41. The fourth-order valence-corrected chi connectivity index (χ4v) is 4.79. The first-order valence-electron chi connectivity index (χ1n) is 7.36. The van der Waals surface area contributed by atoms with Crippen LogP contribution in [0.5, 0.6) is 5.06 Å². The van der Waals surface area contributed by atoms with Gasteiger partial charge in [-0.05, 0) is 11.4 Å². The quantitative estimate of drug-likeness (QED) is 0.484. The lowest BCUT2D eigenvalue weighted by molar-refractivity contribution is 0.212. The van der Waals surface area contributed by atoms with E-state index in [0.29, 0.717) is 15.8 Å². The van der Waals surface area contributed by atoms with Crippen molar-refractivity contribution in [2.45, 2.75) is 0 Å². The topological polar surface area (TPSA) is 141 Å². The summed E-state index contributed by atoms with van der Waals surface area (Å²) in [6, 6.07) is 9.95. The molecule has 0 spiro atoms. The van der Waals surface area contributed by atoms with E-state index in [-0.39, 0.29) is 22.1 Å². The molecule has 0 saturated heterocycles. The number of hydrogen-bond donors (Lipinski definition) is 3. The Labute approximate surface area is 155 Å². The lowest BCUT2D eigenvalue weighted by Crippen LogP contribution is -2.16. The van der Waals surface area contributed by atoms with Gasteiger partial charge in [-0.2, -0.15) is 5.26 Å². The van der Waals surface area contributed by atoms with Crippen LogP contribution in [0, 0.1) is 11.3 Å². The van der Waals surface area contributed by atoms with E-state index in [1.165, 1.54) is 0 Å². The van der Waals surface area contributed by atoms with E-state index < -0.39 is 6.09 Å². The Morgan fingerprint density at radius 1 is 1.27 bits per heavy atom. The average molecular weight is 381 g/mol. The zero-order valence-corrected chi connectivity index (χ0v) is 14.8. The highest BCUT2D eigenvalue weighted by atomic mass is 32.1. The molecule has 3 aromatic heterocycles. The van der Waals surface area contributed by atoms with Crippen LogP contribution < -0.4 is 21.9 Å². The molecule has 3 heterocycles. The molecule has 7 nitrogen and oxygen atoms in total. The van der Waals surface area contributed by atoms with Crippen LogP contribution in [0.1, 0.15) is 5.56 Å². The molecule has 0 aliphatic heterocycles. The van der Waals surface area contributed by atoms with Gasteiger partial charge in [-0.15, -0.1) is 11.3 Å². The molecule has 6 N–H and O–H groups in total. The van der Waals surface area contributed by atoms with Crippen LogP contribution in [-0.4, -0.2) is 11.1 Å². The molecule has 4 aromatic rings. The molecule has 0 radical (unpaired) electrons. The normalized spacial score (nSPS) is 10.9. The zero-order chi connectivity index (χ0) is 18.4. The van der Waals surface area contributed by atoms with Gasteiger partial charge >= 0.3 is 6.09 Å². The Balaban J connectivity index is 2.14. The number of nitrogens with two attached hydrogens (primary N) is 3. The minimum Gasteiger partial charge on any atom is -0.397 e. The molecular formula is C17H11N5O2S2. The molecule has 1 amide bonds. The van der Waals surface area contributed by atoms with Crippen molar-refractivity contribution in [2.75, 3.05) is 11.5 Å². The smallest absolute Gasteiger partial charge is 0.397 e. The van der Waals surface area contributed by atoms with Crippen LogP contribution in [0.4, 0.5) is 16.3 Å². The van der Waals surface area contributed by atoms with Crippen molar-refractivity contribution in [3.63, 3.8) is 0 Å². The van der Waals surface area contributed by atoms with E-state index in [1.807, 2.05) is 29.6 Å². The van der Waals surface area contributed by atoms with Gasteiger partial charge in [0.25, 0.3) is 0 Å². The van der Waals surface area contributed by atoms with E-state index in [2.05, 4.69) is 11.1 Å². The average Bonchev–Trinajstić information content (AvgIpc) is 3.15. The first-order chi connectivity index (χ1) is 12.5. The number of carbonyl (C=O) groups is 1. The minimum atomic E-state index is -0.973. The van der Waals surface area contributed by atoms with Crippen molar-refractivity contribution in [3.05, 3.63) is 35.2 Å². The Morgan fingerprint density at radius 2 is 2.04 bits per heavy atom. The molecule has 0 bridgehead atoms. The number of primary amides is 1. The Bertz CT molecular complexity index is 1240. The highest BCUT2D eigenvalue weighted by molar-refractivity contribution is 7.21. The first kappa shape index (κ1) is 16.1. The minimum absolute atomic E-state index is 0.0946. The molecule has 0 fully saturated rings. The van der Waals surface area contributed by atoms with Crippen LogP contribution in [0.25, 0.3) is 31.4 Å². The van der Waals surface area contributed by atoms with Crippen LogP contribution in [-0.2, 0) is 0 Å². The Kier molecular flexibility index (Phi) is 3.64. The number of benzene rings is 1. The number of nitrogen functional groups attached to an aromatic ring is 2. The number of carbonyl (C=O) groups excluding carboxylic acids is 1. The summed E-state index contributed by atoms with van der Waals surface area (Å²) in [6.07, 6.45) is -0.973. The summed E-state index contributed by atoms with van der Waals surface area (Å²) < 4.78 is 6.04. The molecule has 0 aliphatic carbocycles. The number of pyridine rings is 1. The van der Waals surface area contributed by atoms with Gasteiger partial charge in [0, 0.05) is 26.6 Å². The molecule has 1 aromatic carbocycles.